The molecular formula is C31H54N2O4. The zero-order valence-corrected chi connectivity index (χ0v) is 23.9. The van der Waals surface area contributed by atoms with Gasteiger partial charge in [0, 0.05) is 19.6 Å². The molecule has 12 atom stereocenters. The normalized spacial score (nSPS) is 48.2. The van der Waals surface area contributed by atoms with Gasteiger partial charge >= 0.3 is 6.03 Å². The first-order valence-electron chi connectivity index (χ1n) is 15.7. The van der Waals surface area contributed by atoms with Crippen LogP contribution in [0.2, 0.25) is 0 Å². The Labute approximate surface area is 225 Å². The largest absolute Gasteiger partial charge is 0.393 e. The van der Waals surface area contributed by atoms with Gasteiger partial charge in [0.15, 0.2) is 0 Å². The summed E-state index contributed by atoms with van der Waals surface area (Å²) in [5, 5.41) is 35.1. The first-order valence-corrected chi connectivity index (χ1v) is 15.7. The zero-order valence-electron chi connectivity index (χ0n) is 23.9. The Morgan fingerprint density at radius 1 is 0.973 bits per heavy atom. The van der Waals surface area contributed by atoms with E-state index in [-0.39, 0.29) is 29.8 Å². The lowest BCUT2D eigenvalue weighted by Crippen LogP contribution is -2.62. The van der Waals surface area contributed by atoms with Crippen LogP contribution in [0.3, 0.4) is 0 Å². The fraction of sp³-hybridized carbons (Fsp3) is 0.968. The summed E-state index contributed by atoms with van der Waals surface area (Å²) in [6.45, 7) is 11.6. The van der Waals surface area contributed by atoms with Crippen LogP contribution in [0, 0.1) is 52.3 Å². The van der Waals surface area contributed by atoms with Crippen molar-refractivity contribution in [1.29, 1.82) is 0 Å². The summed E-state index contributed by atoms with van der Waals surface area (Å²) in [5.74, 6) is 3.69. The van der Waals surface area contributed by atoms with Crippen LogP contribution in [0.25, 0.3) is 0 Å². The van der Waals surface area contributed by atoms with E-state index in [0.717, 1.165) is 38.5 Å². The van der Waals surface area contributed by atoms with Crippen molar-refractivity contribution in [3.05, 3.63) is 0 Å². The summed E-state index contributed by atoms with van der Waals surface area (Å²) in [6, 6.07) is -0.0331. The summed E-state index contributed by atoms with van der Waals surface area (Å²) in [5.41, 5.74) is 0.560. The molecule has 37 heavy (non-hydrogen) atoms. The third kappa shape index (κ3) is 4.75. The first kappa shape index (κ1) is 27.7. The third-order valence-corrected chi connectivity index (χ3v) is 12.7. The Balaban J connectivity index is 1.22. The van der Waals surface area contributed by atoms with Crippen molar-refractivity contribution in [3.63, 3.8) is 0 Å². The summed E-state index contributed by atoms with van der Waals surface area (Å²) in [7, 11) is 0. The number of urea groups is 1. The molecule has 0 spiro atoms. The molecule has 4 aliphatic carbocycles. The van der Waals surface area contributed by atoms with Gasteiger partial charge in [0.05, 0.1) is 18.3 Å². The number of β-amino-alcohol motifs (C(OH)–C–C–N with tert-alkyl or cyclic N) is 1. The SMILES string of the molecule is CC[C@H]1[C@@H](O)[C@@H]2[C@H](CC[C@]3(C)[C@@H]([C@H](C)CCCNC(=O)N4CC[C@H](O)C4)CC[C@@H]23)[C@@]2(C)CC[C@@H](O)C[C@@H]12. The number of carbonyl (C=O) groups excluding carboxylic acids is 1. The van der Waals surface area contributed by atoms with Crippen LogP contribution in [0.5, 0.6) is 0 Å². The van der Waals surface area contributed by atoms with Crippen molar-refractivity contribution >= 4 is 6.03 Å². The number of fused-ring (bicyclic) bond motifs is 5. The number of hydrogen-bond acceptors (Lipinski definition) is 4. The van der Waals surface area contributed by atoms with Gasteiger partial charge in [-0.3, -0.25) is 0 Å². The van der Waals surface area contributed by atoms with E-state index >= 15 is 0 Å². The number of likely N-dealkylation sites (tertiary alicyclic amines) is 1. The average Bonchev–Trinajstić information content (AvgIpc) is 3.46. The van der Waals surface area contributed by atoms with E-state index in [0.29, 0.717) is 72.9 Å². The van der Waals surface area contributed by atoms with E-state index < -0.39 is 0 Å². The molecule has 0 radical (unpaired) electrons. The average molecular weight is 519 g/mol. The highest BCUT2D eigenvalue weighted by Crippen LogP contribution is 2.69. The Morgan fingerprint density at radius 2 is 1.70 bits per heavy atom. The molecule has 5 aliphatic rings. The number of rotatable bonds is 6. The van der Waals surface area contributed by atoms with Gasteiger partial charge in [-0.05, 0) is 116 Å². The van der Waals surface area contributed by atoms with Crippen LogP contribution < -0.4 is 5.32 Å². The lowest BCUT2D eigenvalue weighted by atomic mass is 9.41. The summed E-state index contributed by atoms with van der Waals surface area (Å²) in [6.07, 6.45) is 11.0. The molecule has 5 fully saturated rings. The Bertz CT molecular complexity index is 823. The Hall–Kier alpha value is -0.850. The molecule has 2 amide bonds. The fourth-order valence-corrected chi connectivity index (χ4v) is 10.8. The molecule has 6 nitrogen and oxygen atoms in total. The maximum Gasteiger partial charge on any atom is 0.317 e. The van der Waals surface area contributed by atoms with Gasteiger partial charge in [-0.25, -0.2) is 4.79 Å². The van der Waals surface area contributed by atoms with Crippen LogP contribution in [0.15, 0.2) is 0 Å². The molecule has 0 bridgehead atoms. The maximum absolute atomic E-state index is 12.4. The van der Waals surface area contributed by atoms with Crippen molar-refractivity contribution < 1.29 is 20.1 Å². The van der Waals surface area contributed by atoms with Crippen LogP contribution in [-0.2, 0) is 0 Å². The number of aliphatic hydroxyl groups excluding tert-OH is 3. The van der Waals surface area contributed by atoms with Crippen LogP contribution in [0.1, 0.15) is 98.3 Å². The van der Waals surface area contributed by atoms with E-state index in [4.69, 9.17) is 0 Å². The lowest BCUT2D eigenvalue weighted by Gasteiger charge is -2.64. The van der Waals surface area contributed by atoms with Gasteiger partial charge in [0.25, 0.3) is 0 Å². The molecule has 5 rings (SSSR count). The quantitative estimate of drug-likeness (QED) is 0.380. The Morgan fingerprint density at radius 3 is 2.41 bits per heavy atom. The van der Waals surface area contributed by atoms with Gasteiger partial charge in [0.2, 0.25) is 0 Å². The molecule has 1 heterocycles. The van der Waals surface area contributed by atoms with E-state index in [1.165, 1.54) is 25.7 Å². The summed E-state index contributed by atoms with van der Waals surface area (Å²) < 4.78 is 0. The van der Waals surface area contributed by atoms with Crippen molar-refractivity contribution in [2.24, 2.45) is 52.3 Å². The molecule has 1 saturated heterocycles. The maximum atomic E-state index is 12.4. The van der Waals surface area contributed by atoms with Crippen molar-refractivity contribution in [1.82, 2.24) is 10.2 Å². The molecule has 212 valence electrons. The monoisotopic (exact) mass is 518 g/mol. The van der Waals surface area contributed by atoms with Crippen LogP contribution in [-0.4, -0.2) is 64.2 Å². The smallest absolute Gasteiger partial charge is 0.317 e. The fourth-order valence-electron chi connectivity index (χ4n) is 10.8. The molecule has 0 aromatic rings. The molecule has 4 N–H and O–H groups in total. The lowest BCUT2D eigenvalue weighted by molar-refractivity contribution is -0.203. The topological polar surface area (TPSA) is 93.0 Å². The van der Waals surface area contributed by atoms with E-state index in [2.05, 4.69) is 33.0 Å². The minimum atomic E-state index is -0.370. The minimum absolute atomic E-state index is 0.0331. The summed E-state index contributed by atoms with van der Waals surface area (Å²) >= 11 is 0. The molecular weight excluding hydrogens is 464 g/mol. The van der Waals surface area contributed by atoms with Gasteiger partial charge in [-0.15, -0.1) is 0 Å². The second-order valence-corrected chi connectivity index (χ2v) is 14.4. The molecule has 6 heteroatoms. The first-order chi connectivity index (χ1) is 17.6. The number of nitrogens with zero attached hydrogens (tertiary/aromatic N) is 1. The molecule has 1 aliphatic heterocycles. The van der Waals surface area contributed by atoms with E-state index in [1.54, 1.807) is 4.90 Å². The van der Waals surface area contributed by atoms with Gasteiger partial charge in [0.1, 0.15) is 0 Å². The van der Waals surface area contributed by atoms with E-state index in [9.17, 15) is 20.1 Å². The van der Waals surface area contributed by atoms with Gasteiger partial charge in [-0.1, -0.05) is 34.1 Å². The number of aliphatic hydroxyl groups is 3. The highest BCUT2D eigenvalue weighted by molar-refractivity contribution is 5.74. The minimum Gasteiger partial charge on any atom is -0.393 e. The zero-order chi connectivity index (χ0) is 26.5. The second-order valence-electron chi connectivity index (χ2n) is 14.4. The highest BCUT2D eigenvalue weighted by Gasteiger charge is 2.64. The standard InChI is InChI=1S/C31H54N2O4/c1-5-22-26-17-20(34)10-13-31(26,4)25-11-14-30(3)23(8-9-24(30)27(25)28(22)36)19(2)7-6-15-32-29(37)33-16-12-21(35)18-33/h19-28,34-36H,5-18H2,1-4H3,(H,32,37)/t19-,20-,21+,22-,23-,24+,25+,26+,27+,28-,30-,31-/m1/s1. The predicted octanol–water partition coefficient (Wildman–Crippen LogP) is 4.81. The van der Waals surface area contributed by atoms with Gasteiger partial charge < -0.3 is 25.5 Å². The number of nitrogens with one attached hydrogen (secondary N) is 1. The number of hydrogen-bond donors (Lipinski definition) is 4. The van der Waals surface area contributed by atoms with E-state index in [1.807, 2.05) is 0 Å². The third-order valence-electron chi connectivity index (χ3n) is 12.7. The predicted molar refractivity (Wildman–Crippen MR) is 146 cm³/mol. The highest BCUT2D eigenvalue weighted by atomic mass is 16.3. The van der Waals surface area contributed by atoms with Crippen molar-refractivity contribution in [2.75, 3.05) is 19.6 Å². The Kier molecular flexibility index (Phi) is 7.95. The molecule has 0 unspecified atom stereocenters. The molecule has 4 saturated carbocycles. The van der Waals surface area contributed by atoms with Crippen molar-refractivity contribution in [2.45, 2.75) is 117 Å². The summed E-state index contributed by atoms with van der Waals surface area (Å²) in [4.78, 5) is 14.1. The second kappa shape index (κ2) is 10.6. The molecule has 0 aromatic carbocycles. The molecule has 0 aromatic heterocycles. The van der Waals surface area contributed by atoms with Gasteiger partial charge in [-0.2, -0.15) is 0 Å². The van der Waals surface area contributed by atoms with Crippen LogP contribution in [0.4, 0.5) is 4.79 Å². The number of carbonyl (C=O) groups is 1. The van der Waals surface area contributed by atoms with Crippen molar-refractivity contribution in [3.8, 4) is 0 Å². The number of amides is 2. The van der Waals surface area contributed by atoms with Crippen LogP contribution >= 0.6 is 0 Å².